The molecule has 3 nitrogen and oxygen atoms in total. The maximum absolute atomic E-state index is 13.0. The molecular weight excluding hydrogens is 389 g/mol. The molecule has 0 saturated carbocycles. The first-order chi connectivity index (χ1) is 14.0. The first-order valence-corrected chi connectivity index (χ1v) is 9.93. The summed E-state index contributed by atoms with van der Waals surface area (Å²) in [5, 5.41) is 3.90. The van der Waals surface area contributed by atoms with E-state index in [1.165, 1.54) is 17.7 Å². The Morgan fingerprint density at radius 2 is 1.62 bits per heavy atom. The molecule has 1 N–H and O–H groups in total. The first-order valence-electron chi connectivity index (χ1n) is 9.55. The third kappa shape index (κ3) is 6.21. The van der Waals surface area contributed by atoms with Crippen LogP contribution < -0.4 is 14.8 Å². The van der Waals surface area contributed by atoms with Crippen LogP contribution >= 0.6 is 11.6 Å². The van der Waals surface area contributed by atoms with Crippen molar-refractivity contribution in [2.75, 3.05) is 13.7 Å². The van der Waals surface area contributed by atoms with Gasteiger partial charge in [0, 0.05) is 6.54 Å². The Bertz CT molecular complexity index is 927. The van der Waals surface area contributed by atoms with Gasteiger partial charge in [-0.15, -0.1) is 0 Å². The average molecular weight is 414 g/mol. The molecule has 0 radical (unpaired) electrons. The highest BCUT2D eigenvalue weighted by molar-refractivity contribution is 6.32. The molecule has 29 heavy (non-hydrogen) atoms. The van der Waals surface area contributed by atoms with Gasteiger partial charge < -0.3 is 14.8 Å². The molecule has 0 aromatic heterocycles. The van der Waals surface area contributed by atoms with Gasteiger partial charge in [-0.1, -0.05) is 53.6 Å². The van der Waals surface area contributed by atoms with Crippen LogP contribution in [0.25, 0.3) is 0 Å². The Hall–Kier alpha value is -2.56. The normalized spacial score (nSPS) is 10.8. The van der Waals surface area contributed by atoms with Gasteiger partial charge in [-0.25, -0.2) is 4.39 Å². The van der Waals surface area contributed by atoms with Gasteiger partial charge in [-0.05, 0) is 60.8 Å². The zero-order chi connectivity index (χ0) is 20.6. The van der Waals surface area contributed by atoms with E-state index in [1.807, 2.05) is 24.3 Å². The Morgan fingerprint density at radius 3 is 2.31 bits per heavy atom. The Balaban J connectivity index is 1.57. The predicted molar refractivity (Wildman–Crippen MR) is 115 cm³/mol. The van der Waals surface area contributed by atoms with Crippen molar-refractivity contribution in [2.45, 2.75) is 26.5 Å². The van der Waals surface area contributed by atoms with E-state index in [0.717, 1.165) is 29.7 Å². The molecule has 152 valence electrons. The number of halogens is 2. The fourth-order valence-electron chi connectivity index (χ4n) is 2.97. The topological polar surface area (TPSA) is 30.5 Å². The second kappa shape index (κ2) is 10.3. The fraction of sp³-hybridized carbons (Fsp3) is 0.250. The van der Waals surface area contributed by atoms with Crippen molar-refractivity contribution in [3.05, 3.63) is 93.8 Å². The van der Waals surface area contributed by atoms with Crippen LogP contribution in [0, 0.1) is 12.7 Å². The minimum absolute atomic E-state index is 0.215. The second-order valence-corrected chi connectivity index (χ2v) is 7.34. The van der Waals surface area contributed by atoms with Crippen LogP contribution in [0.5, 0.6) is 11.5 Å². The lowest BCUT2D eigenvalue weighted by atomic mass is 10.1. The molecule has 0 unspecified atom stereocenters. The minimum Gasteiger partial charge on any atom is -0.493 e. The van der Waals surface area contributed by atoms with Crippen LogP contribution in [0.3, 0.4) is 0 Å². The van der Waals surface area contributed by atoms with Gasteiger partial charge in [-0.3, -0.25) is 0 Å². The summed E-state index contributed by atoms with van der Waals surface area (Å²) in [7, 11) is 1.61. The number of ether oxygens (including phenoxy) is 2. The van der Waals surface area contributed by atoms with Crippen molar-refractivity contribution in [1.82, 2.24) is 5.32 Å². The number of hydrogen-bond donors (Lipinski definition) is 1. The summed E-state index contributed by atoms with van der Waals surface area (Å²) in [5.74, 6) is 0.942. The monoisotopic (exact) mass is 413 g/mol. The molecule has 3 rings (SSSR count). The third-order valence-corrected chi connectivity index (χ3v) is 4.91. The maximum atomic E-state index is 13.0. The van der Waals surface area contributed by atoms with Gasteiger partial charge in [0.2, 0.25) is 0 Å². The van der Waals surface area contributed by atoms with Gasteiger partial charge in [0.05, 0.1) is 12.1 Å². The minimum atomic E-state index is -0.215. The smallest absolute Gasteiger partial charge is 0.180 e. The van der Waals surface area contributed by atoms with Crippen molar-refractivity contribution in [1.29, 1.82) is 0 Å². The van der Waals surface area contributed by atoms with E-state index in [1.54, 1.807) is 19.2 Å². The maximum Gasteiger partial charge on any atom is 0.180 e. The molecule has 0 aliphatic rings. The predicted octanol–water partition coefficient (Wildman–Crippen LogP) is 5.71. The molecule has 0 fully saturated rings. The van der Waals surface area contributed by atoms with E-state index in [-0.39, 0.29) is 5.82 Å². The summed E-state index contributed by atoms with van der Waals surface area (Å²) in [5.41, 5.74) is 4.38. The summed E-state index contributed by atoms with van der Waals surface area (Å²) in [6, 6.07) is 18.6. The number of rotatable bonds is 9. The van der Waals surface area contributed by atoms with Crippen LogP contribution in [0.1, 0.15) is 22.3 Å². The lowest BCUT2D eigenvalue weighted by Crippen LogP contribution is -2.16. The molecule has 0 saturated heterocycles. The summed E-state index contributed by atoms with van der Waals surface area (Å²) in [4.78, 5) is 0. The fourth-order valence-corrected chi connectivity index (χ4v) is 3.26. The average Bonchev–Trinajstić information content (AvgIpc) is 2.72. The molecule has 5 heteroatoms. The molecule has 0 spiro atoms. The first kappa shape index (κ1) is 21.2. The van der Waals surface area contributed by atoms with Crippen LogP contribution in [0.2, 0.25) is 5.02 Å². The molecule has 0 atom stereocenters. The highest BCUT2D eigenvalue weighted by Crippen LogP contribution is 2.37. The highest BCUT2D eigenvalue weighted by Gasteiger charge is 2.12. The van der Waals surface area contributed by atoms with Gasteiger partial charge >= 0.3 is 0 Å². The van der Waals surface area contributed by atoms with E-state index in [0.29, 0.717) is 29.7 Å². The number of methoxy groups -OCH3 is 1. The molecule has 0 aliphatic carbocycles. The number of nitrogens with one attached hydrogen (secondary N) is 1. The van der Waals surface area contributed by atoms with Crippen molar-refractivity contribution >= 4 is 11.6 Å². The van der Waals surface area contributed by atoms with Crippen molar-refractivity contribution < 1.29 is 13.9 Å². The van der Waals surface area contributed by atoms with E-state index in [9.17, 15) is 4.39 Å². The molecule has 0 heterocycles. The van der Waals surface area contributed by atoms with Gasteiger partial charge in [0.1, 0.15) is 12.4 Å². The number of aryl methyl sites for hydroxylation is 1. The molecule has 3 aromatic rings. The summed E-state index contributed by atoms with van der Waals surface area (Å²) >= 11 is 6.46. The highest BCUT2D eigenvalue weighted by atomic mass is 35.5. The number of benzene rings is 3. The Kier molecular flexibility index (Phi) is 7.50. The van der Waals surface area contributed by atoms with Crippen LogP contribution in [0.4, 0.5) is 4.39 Å². The van der Waals surface area contributed by atoms with E-state index < -0.39 is 0 Å². The molecular formula is C24H25ClFNO2. The van der Waals surface area contributed by atoms with Crippen LogP contribution in [0.15, 0.2) is 60.7 Å². The largest absolute Gasteiger partial charge is 0.493 e. The van der Waals surface area contributed by atoms with Crippen molar-refractivity contribution in [3.8, 4) is 11.5 Å². The standard InChI is InChI=1S/C24H25ClFNO2/c1-17-3-5-19(6-4-17)16-29-24-22(25)13-20(14-23(24)28-2)15-27-12-11-18-7-9-21(26)10-8-18/h3-10,13-14,27H,11-12,15-16H2,1-2H3. The van der Waals surface area contributed by atoms with E-state index in [4.69, 9.17) is 21.1 Å². The lowest BCUT2D eigenvalue weighted by molar-refractivity contribution is 0.284. The third-order valence-electron chi connectivity index (χ3n) is 4.63. The lowest BCUT2D eigenvalue weighted by Gasteiger charge is -2.15. The SMILES string of the molecule is COc1cc(CNCCc2ccc(F)cc2)cc(Cl)c1OCc1ccc(C)cc1. The Labute approximate surface area is 176 Å². The summed E-state index contributed by atoms with van der Waals surface area (Å²) in [6.07, 6.45) is 0.822. The molecule has 0 bridgehead atoms. The summed E-state index contributed by atoms with van der Waals surface area (Å²) < 4.78 is 24.4. The van der Waals surface area contributed by atoms with Crippen LogP contribution in [-0.4, -0.2) is 13.7 Å². The molecule has 0 amide bonds. The zero-order valence-electron chi connectivity index (χ0n) is 16.7. The summed E-state index contributed by atoms with van der Waals surface area (Å²) in [6.45, 7) is 3.90. The van der Waals surface area contributed by atoms with E-state index in [2.05, 4.69) is 24.4 Å². The van der Waals surface area contributed by atoms with Crippen molar-refractivity contribution in [2.24, 2.45) is 0 Å². The van der Waals surface area contributed by atoms with Crippen LogP contribution in [-0.2, 0) is 19.6 Å². The van der Waals surface area contributed by atoms with Gasteiger partial charge in [-0.2, -0.15) is 0 Å². The number of hydrogen-bond acceptors (Lipinski definition) is 3. The molecule has 3 aromatic carbocycles. The van der Waals surface area contributed by atoms with E-state index >= 15 is 0 Å². The van der Waals surface area contributed by atoms with Crippen molar-refractivity contribution in [3.63, 3.8) is 0 Å². The second-order valence-electron chi connectivity index (χ2n) is 6.94. The van der Waals surface area contributed by atoms with Gasteiger partial charge in [0.15, 0.2) is 11.5 Å². The zero-order valence-corrected chi connectivity index (χ0v) is 17.4. The molecule has 0 aliphatic heterocycles. The quantitative estimate of drug-likeness (QED) is 0.456. The van der Waals surface area contributed by atoms with Gasteiger partial charge in [0.25, 0.3) is 0 Å². The Morgan fingerprint density at radius 1 is 0.931 bits per heavy atom.